The number of nitrogen functional groups attached to an aromatic ring is 1. The molecule has 3 aromatic rings. The highest BCUT2D eigenvalue weighted by atomic mass is 32.2. The fraction of sp³-hybridized carbons (Fsp3) is 0.360. The SMILES string of the molecule is CC(C)S(=O)(=O)c1ccccc1Nc1nc(N)ncc1-c1ccc(C2CCNCC2)cc1OC(F)F. The normalized spacial score (nSPS) is 14.8. The summed E-state index contributed by atoms with van der Waals surface area (Å²) in [5.41, 5.74) is 7.71. The van der Waals surface area contributed by atoms with Gasteiger partial charge in [-0.15, -0.1) is 0 Å². The van der Waals surface area contributed by atoms with Crippen LogP contribution in [0.5, 0.6) is 5.75 Å². The fourth-order valence-electron chi connectivity index (χ4n) is 4.25. The van der Waals surface area contributed by atoms with E-state index in [1.165, 1.54) is 12.3 Å². The van der Waals surface area contributed by atoms with Crippen molar-refractivity contribution in [3.63, 3.8) is 0 Å². The highest BCUT2D eigenvalue weighted by Crippen LogP contribution is 2.40. The van der Waals surface area contributed by atoms with Gasteiger partial charge in [-0.25, -0.2) is 13.4 Å². The van der Waals surface area contributed by atoms with Crippen molar-refractivity contribution >= 4 is 27.3 Å². The number of anilines is 3. The monoisotopic (exact) mass is 517 g/mol. The van der Waals surface area contributed by atoms with Gasteiger partial charge in [0, 0.05) is 17.3 Å². The number of alkyl halides is 2. The number of aromatic nitrogens is 2. The van der Waals surface area contributed by atoms with E-state index < -0.39 is 21.7 Å². The van der Waals surface area contributed by atoms with Crippen LogP contribution in [-0.4, -0.2) is 43.3 Å². The second-order valence-corrected chi connectivity index (χ2v) is 11.3. The molecule has 1 aromatic heterocycles. The molecule has 1 aliphatic heterocycles. The molecule has 8 nitrogen and oxygen atoms in total. The van der Waals surface area contributed by atoms with Gasteiger partial charge in [-0.1, -0.05) is 24.3 Å². The van der Waals surface area contributed by atoms with Gasteiger partial charge in [0.2, 0.25) is 5.95 Å². The number of sulfone groups is 1. The zero-order chi connectivity index (χ0) is 25.9. The molecule has 0 aliphatic carbocycles. The van der Waals surface area contributed by atoms with E-state index in [0.29, 0.717) is 11.1 Å². The molecule has 4 N–H and O–H groups in total. The van der Waals surface area contributed by atoms with Gasteiger partial charge in [0.15, 0.2) is 9.84 Å². The minimum atomic E-state index is -3.62. The summed E-state index contributed by atoms with van der Waals surface area (Å²) in [6.07, 6.45) is 3.20. The van der Waals surface area contributed by atoms with Crippen LogP contribution in [-0.2, 0) is 9.84 Å². The zero-order valence-corrected chi connectivity index (χ0v) is 20.9. The maximum Gasteiger partial charge on any atom is 0.387 e. The lowest BCUT2D eigenvalue weighted by atomic mass is 9.89. The third-order valence-corrected chi connectivity index (χ3v) is 8.41. The molecule has 0 atom stereocenters. The maximum atomic E-state index is 13.4. The second kappa shape index (κ2) is 10.8. The molecule has 4 rings (SSSR count). The Hall–Kier alpha value is -3.31. The van der Waals surface area contributed by atoms with E-state index in [1.807, 2.05) is 6.07 Å². The van der Waals surface area contributed by atoms with Crippen molar-refractivity contribution in [1.82, 2.24) is 15.3 Å². The second-order valence-electron chi connectivity index (χ2n) is 8.86. The summed E-state index contributed by atoms with van der Waals surface area (Å²) in [5, 5.41) is 5.68. The number of ether oxygens (including phenoxy) is 1. The molecular formula is C25H29F2N5O3S. The Bertz CT molecular complexity index is 1330. The van der Waals surface area contributed by atoms with Gasteiger partial charge < -0.3 is 21.1 Å². The average molecular weight is 518 g/mol. The van der Waals surface area contributed by atoms with Gasteiger partial charge in [0.25, 0.3) is 0 Å². The fourth-order valence-corrected chi connectivity index (χ4v) is 5.45. The van der Waals surface area contributed by atoms with E-state index >= 15 is 0 Å². The average Bonchev–Trinajstić information content (AvgIpc) is 2.85. The van der Waals surface area contributed by atoms with Crippen molar-refractivity contribution in [2.75, 3.05) is 24.1 Å². The van der Waals surface area contributed by atoms with E-state index in [0.717, 1.165) is 31.5 Å². The van der Waals surface area contributed by atoms with Crippen LogP contribution in [0.4, 0.5) is 26.2 Å². The Balaban J connectivity index is 1.80. The Morgan fingerprint density at radius 1 is 1.11 bits per heavy atom. The van der Waals surface area contributed by atoms with Crippen molar-refractivity contribution in [3.8, 4) is 16.9 Å². The molecule has 36 heavy (non-hydrogen) atoms. The summed E-state index contributed by atoms with van der Waals surface area (Å²) >= 11 is 0. The van der Waals surface area contributed by atoms with Crippen molar-refractivity contribution in [1.29, 1.82) is 0 Å². The van der Waals surface area contributed by atoms with E-state index in [4.69, 9.17) is 10.5 Å². The number of hydrogen-bond acceptors (Lipinski definition) is 8. The maximum absolute atomic E-state index is 13.4. The Morgan fingerprint density at radius 2 is 1.83 bits per heavy atom. The Kier molecular flexibility index (Phi) is 7.70. The number of halogens is 2. The molecule has 11 heteroatoms. The van der Waals surface area contributed by atoms with Crippen molar-refractivity contribution < 1.29 is 21.9 Å². The van der Waals surface area contributed by atoms with Crippen LogP contribution < -0.4 is 21.1 Å². The number of nitrogens with two attached hydrogens (primary N) is 1. The lowest BCUT2D eigenvalue weighted by molar-refractivity contribution is -0.0495. The number of nitrogens with zero attached hydrogens (tertiary/aromatic N) is 2. The van der Waals surface area contributed by atoms with Gasteiger partial charge in [0.1, 0.15) is 11.6 Å². The predicted octanol–water partition coefficient (Wildman–Crippen LogP) is 4.72. The number of benzene rings is 2. The first kappa shape index (κ1) is 25.8. The standard InChI is InChI=1S/C25H29F2N5O3S/c1-15(2)36(33,34)22-6-4-3-5-20(22)31-23-19(14-30-25(28)32-23)18-8-7-17(13-21(18)35-24(26)27)16-9-11-29-12-10-16/h3-8,13-16,24,29H,9-12H2,1-2H3,(H3,28,30,31,32). The third-order valence-electron chi connectivity index (χ3n) is 6.20. The van der Waals surface area contributed by atoms with Crippen LogP contribution in [0.2, 0.25) is 0 Å². The Labute approximate surface area is 209 Å². The van der Waals surface area contributed by atoms with Gasteiger partial charge in [-0.05, 0) is 69.5 Å². The summed E-state index contributed by atoms with van der Waals surface area (Å²) in [6.45, 7) is 1.87. The molecule has 1 saturated heterocycles. The van der Waals surface area contributed by atoms with Crippen LogP contribution >= 0.6 is 0 Å². The largest absolute Gasteiger partial charge is 0.434 e. The van der Waals surface area contributed by atoms with E-state index in [2.05, 4.69) is 20.6 Å². The minimum absolute atomic E-state index is 0.0134. The lowest BCUT2D eigenvalue weighted by Crippen LogP contribution is -2.26. The number of hydrogen-bond donors (Lipinski definition) is 3. The zero-order valence-electron chi connectivity index (χ0n) is 20.0. The number of piperidine rings is 1. The third kappa shape index (κ3) is 5.57. The minimum Gasteiger partial charge on any atom is -0.434 e. The van der Waals surface area contributed by atoms with Gasteiger partial charge in [0.05, 0.1) is 15.8 Å². The first-order valence-electron chi connectivity index (χ1n) is 11.7. The van der Waals surface area contributed by atoms with Crippen LogP contribution in [0.1, 0.15) is 38.2 Å². The highest BCUT2D eigenvalue weighted by Gasteiger charge is 2.25. The summed E-state index contributed by atoms with van der Waals surface area (Å²) < 4.78 is 57.6. The van der Waals surface area contributed by atoms with Gasteiger partial charge in [-0.3, -0.25) is 0 Å². The summed E-state index contributed by atoms with van der Waals surface area (Å²) in [7, 11) is -3.62. The molecule has 192 valence electrons. The Morgan fingerprint density at radius 3 is 2.53 bits per heavy atom. The predicted molar refractivity (Wildman–Crippen MR) is 135 cm³/mol. The van der Waals surface area contributed by atoms with E-state index in [-0.39, 0.29) is 34.0 Å². The lowest BCUT2D eigenvalue weighted by Gasteiger charge is -2.24. The summed E-state index contributed by atoms with van der Waals surface area (Å²) in [5.74, 6) is 0.324. The molecule has 1 fully saturated rings. The van der Waals surface area contributed by atoms with Crippen LogP contribution in [0.25, 0.3) is 11.1 Å². The smallest absolute Gasteiger partial charge is 0.387 e. The first-order valence-corrected chi connectivity index (χ1v) is 13.2. The number of para-hydroxylation sites is 1. The summed E-state index contributed by atoms with van der Waals surface area (Å²) in [4.78, 5) is 8.39. The van der Waals surface area contributed by atoms with Gasteiger partial charge in [-0.2, -0.15) is 13.8 Å². The number of nitrogens with one attached hydrogen (secondary N) is 2. The molecule has 0 bridgehead atoms. The van der Waals surface area contributed by atoms with E-state index in [9.17, 15) is 17.2 Å². The van der Waals surface area contributed by atoms with Crippen LogP contribution in [0.15, 0.2) is 53.6 Å². The molecule has 2 aromatic carbocycles. The molecule has 0 amide bonds. The molecule has 2 heterocycles. The molecule has 0 spiro atoms. The van der Waals surface area contributed by atoms with Crippen LogP contribution in [0, 0.1) is 0 Å². The molecule has 0 unspecified atom stereocenters. The highest BCUT2D eigenvalue weighted by molar-refractivity contribution is 7.92. The van der Waals surface area contributed by atoms with Crippen LogP contribution in [0.3, 0.4) is 0 Å². The number of rotatable bonds is 8. The van der Waals surface area contributed by atoms with Crippen molar-refractivity contribution in [3.05, 3.63) is 54.2 Å². The van der Waals surface area contributed by atoms with E-state index in [1.54, 1.807) is 44.2 Å². The topological polar surface area (TPSA) is 119 Å². The molecule has 0 radical (unpaired) electrons. The summed E-state index contributed by atoms with van der Waals surface area (Å²) in [6, 6.07) is 11.6. The molecule has 0 saturated carbocycles. The molecule has 1 aliphatic rings. The quantitative estimate of drug-likeness (QED) is 0.393. The first-order chi connectivity index (χ1) is 17.2. The van der Waals surface area contributed by atoms with Crippen molar-refractivity contribution in [2.45, 2.75) is 49.4 Å². The molecular weight excluding hydrogens is 488 g/mol. The van der Waals surface area contributed by atoms with Gasteiger partial charge >= 0.3 is 6.61 Å². The van der Waals surface area contributed by atoms with Crippen molar-refractivity contribution in [2.24, 2.45) is 0 Å².